The van der Waals surface area contributed by atoms with Gasteiger partial charge in [-0.15, -0.1) is 0 Å². The van der Waals surface area contributed by atoms with Gasteiger partial charge in [-0.1, -0.05) is 30.3 Å². The summed E-state index contributed by atoms with van der Waals surface area (Å²) in [7, 11) is 0. The Hall–Kier alpha value is -1.46. The lowest BCUT2D eigenvalue weighted by Gasteiger charge is -2.29. The average Bonchev–Trinajstić information content (AvgIpc) is 2.89. The van der Waals surface area contributed by atoms with Gasteiger partial charge in [-0.2, -0.15) is 5.06 Å². The minimum Gasteiger partial charge on any atom is -0.282 e. The van der Waals surface area contributed by atoms with Gasteiger partial charge < -0.3 is 0 Å². The Morgan fingerprint density at radius 2 is 2.05 bits per heavy atom. The summed E-state index contributed by atoms with van der Waals surface area (Å²) in [5.74, 6) is 0. The molecule has 5 nitrogen and oxygen atoms in total. The molecule has 3 rings (SSSR count). The van der Waals surface area contributed by atoms with Crippen molar-refractivity contribution in [3.05, 3.63) is 46.0 Å². The number of rotatable bonds is 2. The molecule has 5 heteroatoms. The molecule has 0 saturated carbocycles. The first kappa shape index (κ1) is 12.6. The fraction of sp³-hybridized carbons (Fsp3) is 0.571. The Labute approximate surface area is 112 Å². The molecule has 2 heterocycles. The molecule has 2 aliphatic rings. The van der Waals surface area contributed by atoms with Gasteiger partial charge in [0.05, 0.1) is 0 Å². The predicted octanol–water partition coefficient (Wildman–Crippen LogP) is 2.56. The summed E-state index contributed by atoms with van der Waals surface area (Å²) in [6.07, 6.45) is 1.28. The monoisotopic (exact) mass is 262 g/mol. The molecule has 1 aromatic carbocycles. The maximum atomic E-state index is 11.4. The molecule has 0 aromatic heterocycles. The zero-order valence-electron chi connectivity index (χ0n) is 11.2. The number of hydroxylamine groups is 2. The highest BCUT2D eigenvalue weighted by molar-refractivity contribution is 5.21. The molecule has 1 aromatic rings. The van der Waals surface area contributed by atoms with Crippen molar-refractivity contribution in [2.24, 2.45) is 0 Å². The molecule has 102 valence electrons. The van der Waals surface area contributed by atoms with E-state index in [0.717, 1.165) is 18.4 Å². The van der Waals surface area contributed by atoms with Crippen molar-refractivity contribution in [1.29, 1.82) is 0 Å². The predicted molar refractivity (Wildman–Crippen MR) is 70.0 cm³/mol. The van der Waals surface area contributed by atoms with E-state index in [9.17, 15) is 10.1 Å². The third kappa shape index (κ3) is 1.93. The number of hydrogen-bond acceptors (Lipinski definition) is 4. The number of hydrogen-bond donors (Lipinski definition) is 0. The number of fused-ring (bicyclic) bond motifs is 1. The highest BCUT2D eigenvalue weighted by atomic mass is 16.7. The van der Waals surface area contributed by atoms with Gasteiger partial charge >= 0.3 is 0 Å². The van der Waals surface area contributed by atoms with Gasteiger partial charge in [0, 0.05) is 10.5 Å². The smallest absolute Gasteiger partial charge is 0.262 e. The third-order valence-corrected chi connectivity index (χ3v) is 4.25. The summed E-state index contributed by atoms with van der Waals surface area (Å²) in [6, 6.07) is 8.70. The maximum Gasteiger partial charge on any atom is 0.262 e. The minimum atomic E-state index is -0.677. The van der Waals surface area contributed by atoms with E-state index >= 15 is 0 Å². The van der Waals surface area contributed by atoms with Crippen LogP contribution in [-0.4, -0.2) is 27.6 Å². The van der Waals surface area contributed by atoms with Gasteiger partial charge in [-0.25, -0.2) is 0 Å². The lowest BCUT2D eigenvalue weighted by Crippen LogP contribution is -2.41. The topological polar surface area (TPSA) is 55.6 Å². The second-order valence-electron chi connectivity index (χ2n) is 5.96. The molecule has 0 amide bonds. The van der Waals surface area contributed by atoms with E-state index in [1.807, 2.05) is 35.4 Å². The second kappa shape index (κ2) is 4.28. The van der Waals surface area contributed by atoms with Crippen molar-refractivity contribution in [3.8, 4) is 0 Å². The Morgan fingerprint density at radius 3 is 2.68 bits per heavy atom. The summed E-state index contributed by atoms with van der Waals surface area (Å²) < 4.78 is 0. The van der Waals surface area contributed by atoms with Gasteiger partial charge in [-0.3, -0.25) is 15.0 Å². The van der Waals surface area contributed by atoms with Crippen LogP contribution in [0.25, 0.3) is 0 Å². The molecule has 2 saturated heterocycles. The van der Waals surface area contributed by atoms with E-state index in [0.29, 0.717) is 0 Å². The SMILES string of the molecule is CC1(C)CC[C@H]2[C@H]([N+](=O)[O-])[C@@H](c3ccccc3)ON21. The van der Waals surface area contributed by atoms with Gasteiger partial charge in [0.1, 0.15) is 6.04 Å². The normalized spacial score (nSPS) is 33.3. The van der Waals surface area contributed by atoms with Crippen molar-refractivity contribution in [2.75, 3.05) is 0 Å². The molecule has 3 atom stereocenters. The van der Waals surface area contributed by atoms with Crippen LogP contribution in [-0.2, 0) is 4.84 Å². The molecular weight excluding hydrogens is 244 g/mol. The zero-order chi connectivity index (χ0) is 13.6. The summed E-state index contributed by atoms with van der Waals surface area (Å²) in [6.45, 7) is 4.16. The summed E-state index contributed by atoms with van der Waals surface area (Å²) in [5, 5.41) is 13.3. The first-order chi connectivity index (χ1) is 9.00. The molecule has 0 unspecified atom stereocenters. The summed E-state index contributed by atoms with van der Waals surface area (Å²) in [4.78, 5) is 17.2. The highest BCUT2D eigenvalue weighted by Crippen LogP contribution is 2.46. The minimum absolute atomic E-state index is 0.116. The molecule has 0 spiro atoms. The Morgan fingerprint density at radius 1 is 1.37 bits per heavy atom. The number of benzene rings is 1. The standard InChI is InChI=1S/C14H18N2O3/c1-14(2)9-8-11-12(16(17)18)13(19-15(11)14)10-6-4-3-5-7-10/h3-7,11-13H,8-9H2,1-2H3/t11-,12-,13+/m0/s1. The maximum absolute atomic E-state index is 11.4. The van der Waals surface area contributed by atoms with E-state index in [1.165, 1.54) is 0 Å². The number of nitrogens with zero attached hydrogens (tertiary/aromatic N) is 2. The highest BCUT2D eigenvalue weighted by Gasteiger charge is 2.59. The molecule has 0 aliphatic carbocycles. The van der Waals surface area contributed by atoms with Crippen LogP contribution in [0.4, 0.5) is 0 Å². The van der Waals surface area contributed by atoms with Crippen LogP contribution < -0.4 is 0 Å². The third-order valence-electron chi connectivity index (χ3n) is 4.25. The van der Waals surface area contributed by atoms with Crippen molar-refractivity contribution < 1.29 is 9.76 Å². The Balaban J connectivity index is 1.96. The molecule has 2 fully saturated rings. The van der Waals surface area contributed by atoms with E-state index in [4.69, 9.17) is 4.84 Å². The Kier molecular flexibility index (Phi) is 2.83. The molecule has 2 aliphatic heterocycles. The molecular formula is C14H18N2O3. The molecule has 0 bridgehead atoms. The first-order valence-electron chi connectivity index (χ1n) is 6.65. The van der Waals surface area contributed by atoms with Crippen molar-refractivity contribution in [2.45, 2.75) is 50.4 Å². The van der Waals surface area contributed by atoms with Crippen LogP contribution in [0.1, 0.15) is 38.4 Å². The molecule has 0 N–H and O–H groups in total. The lowest BCUT2D eigenvalue weighted by molar-refractivity contribution is -0.530. The van der Waals surface area contributed by atoms with Gasteiger partial charge in [0.2, 0.25) is 0 Å². The van der Waals surface area contributed by atoms with Crippen LogP contribution in [0.5, 0.6) is 0 Å². The van der Waals surface area contributed by atoms with E-state index in [1.54, 1.807) is 0 Å². The number of nitro groups is 1. The molecule has 0 radical (unpaired) electrons. The summed E-state index contributed by atoms with van der Waals surface area (Å²) >= 11 is 0. The zero-order valence-corrected chi connectivity index (χ0v) is 11.2. The lowest BCUT2D eigenvalue weighted by atomic mass is 9.96. The fourth-order valence-electron chi connectivity index (χ4n) is 3.25. The van der Waals surface area contributed by atoms with E-state index in [-0.39, 0.29) is 16.5 Å². The van der Waals surface area contributed by atoms with E-state index < -0.39 is 12.1 Å². The molecule has 19 heavy (non-hydrogen) atoms. The van der Waals surface area contributed by atoms with Gasteiger partial charge in [-0.05, 0) is 32.3 Å². The quantitative estimate of drug-likeness (QED) is 0.607. The average molecular weight is 262 g/mol. The van der Waals surface area contributed by atoms with Crippen LogP contribution in [0.3, 0.4) is 0 Å². The first-order valence-corrected chi connectivity index (χ1v) is 6.65. The largest absolute Gasteiger partial charge is 0.282 e. The fourth-order valence-corrected chi connectivity index (χ4v) is 3.25. The van der Waals surface area contributed by atoms with Crippen LogP contribution >= 0.6 is 0 Å². The van der Waals surface area contributed by atoms with Crippen molar-refractivity contribution in [1.82, 2.24) is 5.06 Å². The van der Waals surface area contributed by atoms with Gasteiger partial charge in [0.15, 0.2) is 6.10 Å². The second-order valence-corrected chi connectivity index (χ2v) is 5.96. The van der Waals surface area contributed by atoms with Crippen LogP contribution in [0.2, 0.25) is 0 Å². The van der Waals surface area contributed by atoms with Gasteiger partial charge in [0.25, 0.3) is 6.04 Å². The van der Waals surface area contributed by atoms with Crippen LogP contribution in [0, 0.1) is 10.1 Å². The van der Waals surface area contributed by atoms with E-state index in [2.05, 4.69) is 13.8 Å². The summed E-state index contributed by atoms with van der Waals surface area (Å²) in [5.41, 5.74) is 0.761. The van der Waals surface area contributed by atoms with Crippen molar-refractivity contribution >= 4 is 0 Å². The Bertz CT molecular complexity index is 489. The van der Waals surface area contributed by atoms with Crippen LogP contribution in [0.15, 0.2) is 30.3 Å². The van der Waals surface area contributed by atoms with Crippen molar-refractivity contribution in [3.63, 3.8) is 0 Å².